The summed E-state index contributed by atoms with van der Waals surface area (Å²) in [5.74, 6) is 2.34. The number of rotatable bonds is 11. The van der Waals surface area contributed by atoms with Crippen molar-refractivity contribution in [3.05, 3.63) is 53.3 Å². The number of carbonyl (C=O) groups is 1. The Kier molecular flexibility index (Phi) is 8.06. The molecule has 8 heteroatoms. The second-order valence-electron chi connectivity index (χ2n) is 7.28. The molecular weight excluding hydrogens is 412 g/mol. The van der Waals surface area contributed by atoms with Gasteiger partial charge in [0.25, 0.3) is 0 Å². The number of unbranched alkanes of at least 4 members (excludes halogenated alkanes) is 1. The van der Waals surface area contributed by atoms with Gasteiger partial charge in [0.05, 0.1) is 17.9 Å². The minimum atomic E-state index is -0.139. The fourth-order valence-corrected chi connectivity index (χ4v) is 4.17. The van der Waals surface area contributed by atoms with Crippen molar-refractivity contribution in [1.29, 1.82) is 0 Å². The van der Waals surface area contributed by atoms with E-state index in [-0.39, 0.29) is 11.5 Å². The number of hydrogen-bond acceptors (Lipinski definition) is 7. The van der Waals surface area contributed by atoms with Crippen LogP contribution in [0.3, 0.4) is 0 Å². The lowest BCUT2D eigenvalue weighted by atomic mass is 10.0. The molecule has 3 aromatic rings. The molecule has 0 saturated carbocycles. The smallest absolute Gasteiger partial charge is 0.163 e. The predicted molar refractivity (Wildman–Crippen MR) is 121 cm³/mol. The number of carbonyl (C=O) groups excluding carboxylic acids is 1. The highest BCUT2D eigenvalue weighted by Gasteiger charge is 2.15. The third kappa shape index (κ3) is 5.85. The second-order valence-corrected chi connectivity index (χ2v) is 8.45. The number of thioether (sulfide) groups is 1. The van der Waals surface area contributed by atoms with Crippen LogP contribution in [0, 0.1) is 6.92 Å². The van der Waals surface area contributed by atoms with Crippen LogP contribution in [0.2, 0.25) is 0 Å². The molecular formula is C23H28N4O3S. The SMILES string of the molecule is CCCc1c(OCCCCSc2ccc(-n3nnnc3C)cc2)ccc(C(C)=O)c1O. The van der Waals surface area contributed by atoms with Crippen LogP contribution < -0.4 is 4.74 Å². The maximum atomic E-state index is 11.7. The lowest BCUT2D eigenvalue weighted by molar-refractivity contribution is 0.101. The molecule has 3 rings (SSSR count). The average Bonchev–Trinajstić information content (AvgIpc) is 3.19. The summed E-state index contributed by atoms with van der Waals surface area (Å²) in [6.07, 6.45) is 3.47. The molecule has 0 fully saturated rings. The van der Waals surface area contributed by atoms with Gasteiger partial charge >= 0.3 is 0 Å². The summed E-state index contributed by atoms with van der Waals surface area (Å²) in [7, 11) is 0. The first kappa shape index (κ1) is 22.8. The topological polar surface area (TPSA) is 90.1 Å². The van der Waals surface area contributed by atoms with E-state index in [2.05, 4.69) is 27.7 Å². The van der Waals surface area contributed by atoms with Gasteiger partial charge in [0.1, 0.15) is 11.5 Å². The molecule has 0 aliphatic rings. The normalized spacial score (nSPS) is 10.9. The van der Waals surface area contributed by atoms with E-state index in [1.54, 1.807) is 28.6 Å². The molecule has 0 amide bonds. The monoisotopic (exact) mass is 440 g/mol. The van der Waals surface area contributed by atoms with Crippen molar-refractivity contribution < 1.29 is 14.6 Å². The summed E-state index contributed by atoms with van der Waals surface area (Å²) in [6.45, 7) is 5.95. The Morgan fingerprint density at radius 1 is 1.16 bits per heavy atom. The van der Waals surface area contributed by atoms with Gasteiger partial charge in [-0.1, -0.05) is 13.3 Å². The first-order valence-corrected chi connectivity index (χ1v) is 11.5. The molecule has 0 aliphatic carbocycles. The van der Waals surface area contributed by atoms with E-state index in [0.29, 0.717) is 24.3 Å². The molecule has 0 atom stereocenters. The van der Waals surface area contributed by atoms with Crippen LogP contribution in [-0.2, 0) is 6.42 Å². The highest BCUT2D eigenvalue weighted by Crippen LogP contribution is 2.33. The summed E-state index contributed by atoms with van der Waals surface area (Å²) in [4.78, 5) is 12.9. The molecule has 0 radical (unpaired) electrons. The van der Waals surface area contributed by atoms with Gasteiger partial charge in [-0.3, -0.25) is 4.79 Å². The fourth-order valence-electron chi connectivity index (χ4n) is 3.26. The molecule has 0 saturated heterocycles. The van der Waals surface area contributed by atoms with E-state index in [1.807, 2.05) is 26.0 Å². The van der Waals surface area contributed by atoms with Crippen molar-refractivity contribution in [1.82, 2.24) is 20.2 Å². The molecule has 0 aliphatic heterocycles. The minimum Gasteiger partial charge on any atom is -0.507 e. The Hall–Kier alpha value is -2.87. The number of tetrazole rings is 1. The van der Waals surface area contributed by atoms with Gasteiger partial charge in [-0.05, 0) is 85.7 Å². The molecule has 1 heterocycles. The Morgan fingerprint density at radius 2 is 1.94 bits per heavy atom. The maximum absolute atomic E-state index is 11.7. The lowest BCUT2D eigenvalue weighted by Gasteiger charge is -2.14. The summed E-state index contributed by atoms with van der Waals surface area (Å²) >= 11 is 1.80. The first-order valence-electron chi connectivity index (χ1n) is 10.5. The van der Waals surface area contributed by atoms with Gasteiger partial charge in [0.15, 0.2) is 11.6 Å². The molecule has 1 aromatic heterocycles. The number of aromatic hydroxyl groups is 1. The first-order chi connectivity index (χ1) is 15.0. The maximum Gasteiger partial charge on any atom is 0.163 e. The Balaban J connectivity index is 1.45. The molecule has 31 heavy (non-hydrogen) atoms. The second kappa shape index (κ2) is 10.9. The number of phenols is 1. The average molecular weight is 441 g/mol. The Bertz CT molecular complexity index is 1020. The van der Waals surface area contributed by atoms with E-state index in [9.17, 15) is 9.90 Å². The highest BCUT2D eigenvalue weighted by atomic mass is 32.2. The minimum absolute atomic E-state index is 0.0581. The summed E-state index contributed by atoms with van der Waals surface area (Å²) in [5, 5.41) is 22.0. The summed E-state index contributed by atoms with van der Waals surface area (Å²) in [6, 6.07) is 11.6. The third-order valence-electron chi connectivity index (χ3n) is 4.89. The zero-order chi connectivity index (χ0) is 22.2. The van der Waals surface area contributed by atoms with Crippen LogP contribution in [0.5, 0.6) is 11.5 Å². The van der Waals surface area contributed by atoms with E-state index in [4.69, 9.17) is 4.74 Å². The number of hydrogen-bond donors (Lipinski definition) is 1. The number of nitrogens with zero attached hydrogens (tertiary/aromatic N) is 4. The zero-order valence-corrected chi connectivity index (χ0v) is 19.0. The van der Waals surface area contributed by atoms with Crippen LogP contribution in [0.4, 0.5) is 0 Å². The van der Waals surface area contributed by atoms with Crippen molar-refractivity contribution in [3.63, 3.8) is 0 Å². The van der Waals surface area contributed by atoms with Crippen LogP contribution in [0.15, 0.2) is 41.3 Å². The molecule has 0 spiro atoms. The van der Waals surface area contributed by atoms with Crippen molar-refractivity contribution in [2.45, 2.75) is 51.3 Å². The van der Waals surface area contributed by atoms with Gasteiger partial charge in [-0.25, -0.2) is 0 Å². The number of ether oxygens (including phenoxy) is 1. The van der Waals surface area contributed by atoms with Gasteiger partial charge in [-0.2, -0.15) is 4.68 Å². The molecule has 2 aromatic carbocycles. The largest absolute Gasteiger partial charge is 0.507 e. The standard InChI is InChI=1S/C23H28N4O3S/c1-4-7-21-22(13-12-20(16(2)28)23(21)29)30-14-5-6-15-31-19-10-8-18(9-11-19)27-17(3)24-25-26-27/h8-13,29H,4-7,14-15H2,1-3H3. The van der Waals surface area contributed by atoms with Gasteiger partial charge in [0.2, 0.25) is 0 Å². The van der Waals surface area contributed by atoms with Gasteiger partial charge < -0.3 is 9.84 Å². The number of phenolic OH excluding ortho intramolecular Hbond substituents is 1. The lowest BCUT2D eigenvalue weighted by Crippen LogP contribution is -2.04. The van der Waals surface area contributed by atoms with Gasteiger partial charge in [0, 0.05) is 10.5 Å². The number of ketones is 1. The van der Waals surface area contributed by atoms with Crippen LogP contribution in [-0.4, -0.2) is 43.5 Å². The quantitative estimate of drug-likeness (QED) is 0.261. The predicted octanol–water partition coefficient (Wildman–Crippen LogP) is 4.78. The van der Waals surface area contributed by atoms with E-state index in [1.165, 1.54) is 11.8 Å². The highest BCUT2D eigenvalue weighted by molar-refractivity contribution is 7.99. The van der Waals surface area contributed by atoms with Crippen LogP contribution >= 0.6 is 11.8 Å². The van der Waals surface area contributed by atoms with Crippen LogP contribution in [0.25, 0.3) is 5.69 Å². The molecule has 0 bridgehead atoms. The third-order valence-corrected chi connectivity index (χ3v) is 5.99. The Morgan fingerprint density at radius 3 is 2.58 bits per heavy atom. The summed E-state index contributed by atoms with van der Waals surface area (Å²) in [5.41, 5.74) is 2.03. The summed E-state index contributed by atoms with van der Waals surface area (Å²) < 4.78 is 7.63. The molecule has 0 unspecified atom stereocenters. The van der Waals surface area contributed by atoms with E-state index in [0.717, 1.165) is 42.1 Å². The Labute approximate surface area is 186 Å². The molecule has 7 nitrogen and oxygen atoms in total. The number of benzene rings is 2. The fraction of sp³-hybridized carbons (Fsp3) is 0.391. The van der Waals surface area contributed by atoms with Crippen molar-refractivity contribution in [2.75, 3.05) is 12.4 Å². The van der Waals surface area contributed by atoms with Crippen molar-refractivity contribution in [2.24, 2.45) is 0 Å². The van der Waals surface area contributed by atoms with Crippen molar-refractivity contribution in [3.8, 4) is 17.2 Å². The number of aryl methyl sites for hydroxylation is 1. The van der Waals surface area contributed by atoms with Gasteiger partial charge in [-0.15, -0.1) is 16.9 Å². The van der Waals surface area contributed by atoms with E-state index < -0.39 is 0 Å². The molecule has 164 valence electrons. The van der Waals surface area contributed by atoms with Crippen molar-refractivity contribution >= 4 is 17.5 Å². The number of aromatic nitrogens is 4. The molecule has 1 N–H and O–H groups in total. The zero-order valence-electron chi connectivity index (χ0n) is 18.2. The number of Topliss-reactive ketones (excluding diaryl/α,β-unsaturated/α-hetero) is 1. The van der Waals surface area contributed by atoms with E-state index >= 15 is 0 Å². The van der Waals surface area contributed by atoms with Crippen LogP contribution in [0.1, 0.15) is 54.9 Å².